The number of nitrogens with zero attached hydrogens (tertiary/aromatic N) is 4. The molecule has 0 aliphatic rings. The molecule has 0 saturated carbocycles. The summed E-state index contributed by atoms with van der Waals surface area (Å²) in [6.07, 6.45) is 1.19. The van der Waals surface area contributed by atoms with Crippen LogP contribution >= 0.6 is 0 Å². The van der Waals surface area contributed by atoms with Crippen LogP contribution in [-0.2, 0) is 7.05 Å². The van der Waals surface area contributed by atoms with Crippen LogP contribution in [0.25, 0.3) is 11.3 Å². The summed E-state index contributed by atoms with van der Waals surface area (Å²) in [6, 6.07) is 7.23. The minimum Gasteiger partial charge on any atom is -0.272 e. The lowest BCUT2D eigenvalue weighted by Crippen LogP contribution is -2.18. The molecule has 9 heteroatoms. The molecular formula is C16H14F2N6O. The molecule has 3 aromatic rings. The van der Waals surface area contributed by atoms with Gasteiger partial charge >= 0.3 is 0 Å². The highest BCUT2D eigenvalue weighted by molar-refractivity contribution is 5.94. The Kier molecular flexibility index (Phi) is 4.38. The fourth-order valence-corrected chi connectivity index (χ4v) is 2.22. The van der Waals surface area contributed by atoms with E-state index in [1.54, 1.807) is 19.1 Å². The Bertz CT molecular complexity index is 942. The van der Waals surface area contributed by atoms with Gasteiger partial charge in [-0.2, -0.15) is 19.7 Å². The number of carbonyl (C=O) groups is 1. The smallest absolute Gasteiger partial charge is 0.272 e. The van der Waals surface area contributed by atoms with Gasteiger partial charge in [0, 0.05) is 12.6 Å². The molecule has 128 valence electrons. The lowest BCUT2D eigenvalue weighted by atomic mass is 10.1. The Hall–Kier alpha value is -3.36. The van der Waals surface area contributed by atoms with E-state index < -0.39 is 11.9 Å². The summed E-state index contributed by atoms with van der Waals surface area (Å²) in [7, 11) is 1.47. The van der Waals surface area contributed by atoms with Crippen LogP contribution in [0.5, 0.6) is 0 Å². The molecule has 7 nitrogen and oxygen atoms in total. The second-order valence-corrected chi connectivity index (χ2v) is 5.29. The number of carbonyl (C=O) groups excluding carboxylic acids is 1. The molecule has 0 aliphatic carbocycles. The molecule has 2 N–H and O–H groups in total. The second-order valence-electron chi connectivity index (χ2n) is 5.29. The Balaban J connectivity index is 1.70. The maximum atomic E-state index is 13.7. The molecule has 0 radical (unpaired) electrons. The first kappa shape index (κ1) is 16.5. The van der Waals surface area contributed by atoms with Crippen molar-refractivity contribution < 1.29 is 13.6 Å². The Morgan fingerprint density at radius 3 is 2.68 bits per heavy atom. The van der Waals surface area contributed by atoms with E-state index in [4.69, 9.17) is 0 Å². The van der Waals surface area contributed by atoms with E-state index in [-0.39, 0.29) is 17.1 Å². The van der Waals surface area contributed by atoms with Gasteiger partial charge in [-0.1, -0.05) is 0 Å². The van der Waals surface area contributed by atoms with Gasteiger partial charge in [-0.15, -0.1) is 0 Å². The molecule has 1 aromatic carbocycles. The molecule has 0 bridgehead atoms. The maximum absolute atomic E-state index is 13.7. The van der Waals surface area contributed by atoms with E-state index in [2.05, 4.69) is 25.8 Å². The number of nitrogens with one attached hydrogen (secondary N) is 2. The van der Waals surface area contributed by atoms with Crippen molar-refractivity contribution in [1.29, 1.82) is 0 Å². The van der Waals surface area contributed by atoms with Crippen LogP contribution in [-0.4, -0.2) is 32.1 Å². The van der Waals surface area contributed by atoms with Crippen molar-refractivity contribution in [1.82, 2.24) is 25.4 Å². The minimum atomic E-state index is -0.546. The van der Waals surface area contributed by atoms with E-state index in [0.29, 0.717) is 17.0 Å². The van der Waals surface area contributed by atoms with Gasteiger partial charge in [-0.3, -0.25) is 9.89 Å². The summed E-state index contributed by atoms with van der Waals surface area (Å²) in [5, 5.41) is 14.2. The molecule has 0 unspecified atom stereocenters. The Morgan fingerprint density at radius 1 is 1.32 bits per heavy atom. The van der Waals surface area contributed by atoms with Crippen LogP contribution in [0, 0.1) is 18.7 Å². The molecule has 25 heavy (non-hydrogen) atoms. The van der Waals surface area contributed by atoms with Crippen LogP contribution in [0.2, 0.25) is 0 Å². The van der Waals surface area contributed by atoms with Gasteiger partial charge in [0.1, 0.15) is 11.5 Å². The number of aromatic nitrogens is 4. The van der Waals surface area contributed by atoms with Gasteiger partial charge < -0.3 is 0 Å². The number of H-pyrrole nitrogens is 1. The summed E-state index contributed by atoms with van der Waals surface area (Å²) >= 11 is 0. The molecule has 0 atom stereocenters. The summed E-state index contributed by atoms with van der Waals surface area (Å²) in [5.41, 5.74) is 4.25. The van der Waals surface area contributed by atoms with Crippen LogP contribution in [0.4, 0.5) is 8.78 Å². The van der Waals surface area contributed by atoms with Gasteiger partial charge in [0.15, 0.2) is 0 Å². The molecule has 0 spiro atoms. The molecule has 1 amide bonds. The van der Waals surface area contributed by atoms with Gasteiger partial charge in [0.25, 0.3) is 5.91 Å². The number of hydrazone groups is 1. The lowest BCUT2D eigenvalue weighted by molar-refractivity contribution is 0.0950. The van der Waals surface area contributed by atoms with Crippen molar-refractivity contribution in [2.45, 2.75) is 6.92 Å². The third-order valence-corrected chi connectivity index (χ3v) is 3.52. The van der Waals surface area contributed by atoms with E-state index >= 15 is 0 Å². The van der Waals surface area contributed by atoms with Crippen molar-refractivity contribution in [2.24, 2.45) is 12.1 Å². The Morgan fingerprint density at radius 2 is 2.04 bits per heavy atom. The van der Waals surface area contributed by atoms with E-state index in [9.17, 15) is 13.6 Å². The summed E-state index contributed by atoms with van der Waals surface area (Å²) in [4.78, 5) is 12.0. The lowest BCUT2D eigenvalue weighted by Gasteiger charge is -1.96. The third-order valence-electron chi connectivity index (χ3n) is 3.52. The van der Waals surface area contributed by atoms with Crippen molar-refractivity contribution in [3.05, 3.63) is 59.0 Å². The first-order valence-corrected chi connectivity index (χ1v) is 7.29. The van der Waals surface area contributed by atoms with Crippen LogP contribution in [0.3, 0.4) is 0 Å². The number of benzene rings is 1. The average molecular weight is 344 g/mol. The molecule has 3 rings (SSSR count). The van der Waals surface area contributed by atoms with Crippen molar-refractivity contribution >= 4 is 12.1 Å². The molecule has 2 heterocycles. The topological polar surface area (TPSA) is 88.0 Å². The van der Waals surface area contributed by atoms with E-state index in [0.717, 1.165) is 4.68 Å². The first-order valence-electron chi connectivity index (χ1n) is 7.29. The summed E-state index contributed by atoms with van der Waals surface area (Å²) in [5.74, 6) is -1.45. The number of hydrogen-bond donors (Lipinski definition) is 2. The monoisotopic (exact) mass is 344 g/mol. The van der Waals surface area contributed by atoms with Gasteiger partial charge in [0.05, 0.1) is 23.2 Å². The minimum absolute atomic E-state index is 0.167. The highest BCUT2D eigenvalue weighted by Crippen LogP contribution is 2.18. The normalized spacial score (nSPS) is 11.2. The van der Waals surface area contributed by atoms with Gasteiger partial charge in [0.2, 0.25) is 5.95 Å². The zero-order valence-corrected chi connectivity index (χ0v) is 13.4. The predicted molar refractivity (Wildman–Crippen MR) is 86.9 cm³/mol. The van der Waals surface area contributed by atoms with Crippen LogP contribution in [0.15, 0.2) is 35.4 Å². The summed E-state index contributed by atoms with van der Waals surface area (Å²) < 4.78 is 27.8. The van der Waals surface area contributed by atoms with Crippen molar-refractivity contribution in [3.63, 3.8) is 0 Å². The number of halogens is 2. The van der Waals surface area contributed by atoms with E-state index in [1.165, 1.54) is 31.5 Å². The molecule has 0 saturated heterocycles. The molecule has 0 fully saturated rings. The number of aryl methyl sites for hydroxylation is 2. The fraction of sp³-hybridized carbons (Fsp3) is 0.125. The molecule has 2 aromatic heterocycles. The van der Waals surface area contributed by atoms with Crippen LogP contribution in [0.1, 0.15) is 21.7 Å². The largest absolute Gasteiger partial charge is 0.289 e. The number of hydrogen-bond acceptors (Lipinski definition) is 4. The standard InChI is InChI=1S/C16H14F2N6O/c1-9-12(15(18)24(2)23-9)8-19-22-16(25)14-7-13(20-21-14)10-3-5-11(17)6-4-10/h3-8H,1-2H3,(H,20,21)(H,22,25). The van der Waals surface area contributed by atoms with Crippen molar-refractivity contribution in [2.75, 3.05) is 0 Å². The first-order chi connectivity index (χ1) is 12.0. The number of rotatable bonds is 4. The quantitative estimate of drug-likeness (QED) is 0.561. The van der Waals surface area contributed by atoms with E-state index in [1.807, 2.05) is 0 Å². The summed E-state index contributed by atoms with van der Waals surface area (Å²) in [6.45, 7) is 1.64. The maximum Gasteiger partial charge on any atom is 0.289 e. The zero-order chi connectivity index (χ0) is 18.0. The highest BCUT2D eigenvalue weighted by Gasteiger charge is 2.12. The highest BCUT2D eigenvalue weighted by atomic mass is 19.1. The third kappa shape index (κ3) is 3.44. The second kappa shape index (κ2) is 6.63. The number of amides is 1. The predicted octanol–water partition coefficient (Wildman–Crippen LogP) is 2.16. The SMILES string of the molecule is Cc1nn(C)c(F)c1C=NNC(=O)c1cc(-c2ccc(F)cc2)n[nH]1. The molecule has 0 aliphatic heterocycles. The van der Waals surface area contributed by atoms with Crippen molar-refractivity contribution in [3.8, 4) is 11.3 Å². The zero-order valence-electron chi connectivity index (χ0n) is 13.4. The van der Waals surface area contributed by atoms with Gasteiger partial charge in [-0.25, -0.2) is 14.5 Å². The average Bonchev–Trinajstić information content (AvgIpc) is 3.16. The molecular weight excluding hydrogens is 330 g/mol. The fourth-order valence-electron chi connectivity index (χ4n) is 2.22. The van der Waals surface area contributed by atoms with Crippen LogP contribution < -0.4 is 5.43 Å². The van der Waals surface area contributed by atoms with Gasteiger partial charge in [-0.05, 0) is 37.3 Å². The Labute approximate surface area is 141 Å². The number of aromatic amines is 1.